The fourth-order valence-electron chi connectivity index (χ4n) is 0.998. The molecule has 0 spiro atoms. The Morgan fingerprint density at radius 3 is 2.12 bits per heavy atom. The Morgan fingerprint density at radius 2 is 1.88 bits per heavy atom. The van der Waals surface area contributed by atoms with Gasteiger partial charge in [-0.2, -0.15) is 8.42 Å². The van der Waals surface area contributed by atoms with Gasteiger partial charge >= 0.3 is 35.5 Å². The van der Waals surface area contributed by atoms with Gasteiger partial charge in [0.2, 0.25) is 0 Å². The maximum Gasteiger partial charge on any atom is 1.00 e. The molecule has 0 saturated heterocycles. The van der Waals surface area contributed by atoms with Crippen LogP contribution in [-0.2, 0) is 24.4 Å². The molecule has 17 heavy (non-hydrogen) atoms. The summed E-state index contributed by atoms with van der Waals surface area (Å²) < 4.78 is 32.5. The SMILES string of the molecule is CCOC(=O)C(C)C(C)(C(=O)[O-])S(=O)(=O)O.[Na+]. The van der Waals surface area contributed by atoms with E-state index in [2.05, 4.69) is 4.74 Å². The topological polar surface area (TPSA) is 121 Å². The fraction of sp³-hybridized carbons (Fsp3) is 0.750. The predicted octanol–water partition coefficient (Wildman–Crippen LogP) is -4.41. The summed E-state index contributed by atoms with van der Waals surface area (Å²) in [4.78, 5) is 22.0. The van der Waals surface area contributed by atoms with Gasteiger partial charge in [0.15, 0.2) is 0 Å². The second-order valence-electron chi connectivity index (χ2n) is 3.34. The predicted molar refractivity (Wildman–Crippen MR) is 50.8 cm³/mol. The van der Waals surface area contributed by atoms with Crippen LogP contribution in [0.1, 0.15) is 20.8 Å². The summed E-state index contributed by atoms with van der Waals surface area (Å²) in [5.74, 6) is -4.67. The molecule has 0 radical (unpaired) electrons. The van der Waals surface area contributed by atoms with Crippen molar-refractivity contribution < 1.29 is 62.0 Å². The van der Waals surface area contributed by atoms with Crippen molar-refractivity contribution in [3.05, 3.63) is 0 Å². The van der Waals surface area contributed by atoms with Crippen LogP contribution < -0.4 is 34.7 Å². The molecule has 0 aromatic rings. The van der Waals surface area contributed by atoms with Gasteiger partial charge in [-0.3, -0.25) is 9.35 Å². The number of carbonyl (C=O) groups excluding carboxylic acids is 2. The second kappa shape index (κ2) is 6.69. The minimum atomic E-state index is -4.99. The molecule has 7 nitrogen and oxygen atoms in total. The van der Waals surface area contributed by atoms with Crippen LogP contribution in [0.15, 0.2) is 0 Å². The van der Waals surface area contributed by atoms with Crippen molar-refractivity contribution in [3.8, 4) is 0 Å². The van der Waals surface area contributed by atoms with Crippen LogP contribution in [0.2, 0.25) is 0 Å². The maximum atomic E-state index is 11.3. The summed E-state index contributed by atoms with van der Waals surface area (Å²) in [6.07, 6.45) is 0. The van der Waals surface area contributed by atoms with Crippen molar-refractivity contribution in [2.24, 2.45) is 5.92 Å². The normalized spacial score (nSPS) is 16.2. The first-order valence-electron chi connectivity index (χ1n) is 4.44. The molecule has 0 aromatic carbocycles. The zero-order chi connectivity index (χ0) is 13.1. The Bertz CT molecular complexity index is 391. The molecule has 2 atom stereocenters. The van der Waals surface area contributed by atoms with Gasteiger partial charge in [0.1, 0.15) is 4.75 Å². The zero-order valence-electron chi connectivity index (χ0n) is 10.1. The summed E-state index contributed by atoms with van der Waals surface area (Å²) in [6, 6.07) is 0. The molecule has 2 unspecified atom stereocenters. The third-order valence-electron chi connectivity index (χ3n) is 2.41. The molecule has 0 fully saturated rings. The number of carboxylic acid groups (broad SMARTS) is 1. The number of esters is 1. The van der Waals surface area contributed by atoms with E-state index >= 15 is 0 Å². The van der Waals surface area contributed by atoms with Crippen molar-refractivity contribution in [1.29, 1.82) is 0 Å². The Labute approximate surface area is 122 Å². The first-order valence-corrected chi connectivity index (χ1v) is 5.88. The summed E-state index contributed by atoms with van der Waals surface area (Å²) in [5.41, 5.74) is 0. The third kappa shape index (κ3) is 3.92. The smallest absolute Gasteiger partial charge is 0.548 e. The molecule has 1 N–H and O–H groups in total. The Kier molecular flexibility index (Phi) is 7.56. The summed E-state index contributed by atoms with van der Waals surface area (Å²) >= 11 is 0. The van der Waals surface area contributed by atoms with Crippen LogP contribution in [0.25, 0.3) is 0 Å². The molecule has 0 saturated carbocycles. The van der Waals surface area contributed by atoms with E-state index in [1.54, 1.807) is 0 Å². The summed E-state index contributed by atoms with van der Waals surface area (Å²) in [7, 11) is -4.99. The third-order valence-corrected chi connectivity index (χ3v) is 4.00. The van der Waals surface area contributed by atoms with Gasteiger partial charge in [-0.25, -0.2) is 0 Å². The molecule has 9 heteroatoms. The molecule has 0 heterocycles. The molecule has 0 aromatic heterocycles. The van der Waals surface area contributed by atoms with Gasteiger partial charge in [-0.15, -0.1) is 0 Å². The van der Waals surface area contributed by atoms with Crippen molar-refractivity contribution in [2.75, 3.05) is 6.61 Å². The number of rotatable bonds is 5. The van der Waals surface area contributed by atoms with E-state index in [4.69, 9.17) is 4.55 Å². The Morgan fingerprint density at radius 1 is 1.47 bits per heavy atom. The quantitative estimate of drug-likeness (QED) is 0.305. The minimum Gasteiger partial charge on any atom is -0.548 e. The summed E-state index contributed by atoms with van der Waals surface area (Å²) in [6.45, 7) is 3.17. The van der Waals surface area contributed by atoms with Crippen molar-refractivity contribution >= 4 is 22.1 Å². The minimum absolute atomic E-state index is 0. The first kappa shape index (κ1) is 19.2. The molecular formula is C8H13NaO7S. The van der Waals surface area contributed by atoms with Crippen LogP contribution >= 0.6 is 0 Å². The van der Waals surface area contributed by atoms with E-state index in [1.807, 2.05) is 0 Å². The molecule has 0 rings (SSSR count). The summed E-state index contributed by atoms with van der Waals surface area (Å²) in [5, 5.41) is 10.8. The molecule has 0 bridgehead atoms. The first-order chi connectivity index (χ1) is 7.09. The zero-order valence-corrected chi connectivity index (χ0v) is 12.9. The van der Waals surface area contributed by atoms with Gasteiger partial charge < -0.3 is 14.6 Å². The van der Waals surface area contributed by atoms with E-state index in [-0.39, 0.29) is 36.2 Å². The van der Waals surface area contributed by atoms with Gasteiger partial charge in [-0.05, 0) is 20.8 Å². The molecule has 94 valence electrons. The molecular weight excluding hydrogens is 263 g/mol. The number of ether oxygens (including phenoxy) is 1. The fourth-order valence-corrected chi connectivity index (χ4v) is 1.75. The van der Waals surface area contributed by atoms with E-state index in [0.717, 1.165) is 6.92 Å². The molecule has 0 aliphatic carbocycles. The van der Waals surface area contributed by atoms with Crippen molar-refractivity contribution in [3.63, 3.8) is 0 Å². The van der Waals surface area contributed by atoms with Gasteiger partial charge in [0.25, 0.3) is 10.1 Å². The maximum absolute atomic E-state index is 11.3. The average molecular weight is 276 g/mol. The number of aliphatic carboxylic acids is 1. The van der Waals surface area contributed by atoms with E-state index in [0.29, 0.717) is 6.92 Å². The van der Waals surface area contributed by atoms with E-state index in [9.17, 15) is 23.1 Å². The number of carboxylic acids is 1. The van der Waals surface area contributed by atoms with Crippen LogP contribution in [-0.4, -0.2) is 36.3 Å². The van der Waals surface area contributed by atoms with Crippen molar-refractivity contribution in [2.45, 2.75) is 25.5 Å². The van der Waals surface area contributed by atoms with Crippen molar-refractivity contribution in [1.82, 2.24) is 0 Å². The van der Waals surface area contributed by atoms with Gasteiger partial charge in [0.05, 0.1) is 18.5 Å². The standard InChI is InChI=1S/C8H14O7S.Na/c1-4-15-6(9)5(2)8(3,7(10)11)16(12,13)14;/h5H,4H2,1-3H3,(H,10,11)(H,12,13,14);/q;+1/p-1. The van der Waals surface area contributed by atoms with Crippen LogP contribution in [0, 0.1) is 5.92 Å². The van der Waals surface area contributed by atoms with E-state index < -0.39 is 32.7 Å². The largest absolute Gasteiger partial charge is 1.00 e. The number of hydrogen-bond acceptors (Lipinski definition) is 6. The van der Waals surface area contributed by atoms with E-state index in [1.165, 1.54) is 6.92 Å². The number of hydrogen-bond donors (Lipinski definition) is 1. The molecule has 0 aliphatic rings. The van der Waals surface area contributed by atoms with Gasteiger partial charge in [-0.1, -0.05) is 0 Å². The van der Waals surface area contributed by atoms with Crippen LogP contribution in [0.4, 0.5) is 0 Å². The molecule has 0 amide bonds. The van der Waals surface area contributed by atoms with Crippen LogP contribution in [0.3, 0.4) is 0 Å². The average Bonchev–Trinajstić information content (AvgIpc) is 2.13. The molecule has 0 aliphatic heterocycles. The Balaban J connectivity index is 0. The van der Waals surface area contributed by atoms with Crippen LogP contribution in [0.5, 0.6) is 0 Å². The number of carbonyl (C=O) groups is 2. The Hall–Kier alpha value is -0.150. The van der Waals surface area contributed by atoms with Gasteiger partial charge in [0, 0.05) is 0 Å². The second-order valence-corrected chi connectivity index (χ2v) is 5.14. The monoisotopic (exact) mass is 276 g/mol.